The molecule has 40 heavy (non-hydrogen) atoms. The highest BCUT2D eigenvalue weighted by molar-refractivity contribution is 5.91. The van der Waals surface area contributed by atoms with Crippen LogP contribution in [0.15, 0.2) is 62.9 Å². The van der Waals surface area contributed by atoms with Crippen LogP contribution in [-0.2, 0) is 0 Å². The van der Waals surface area contributed by atoms with E-state index in [0.717, 1.165) is 38.5 Å². The first-order valence-electron chi connectivity index (χ1n) is 15.4. The van der Waals surface area contributed by atoms with Gasteiger partial charge in [0.1, 0.15) is 23.3 Å². The molecule has 0 aliphatic carbocycles. The minimum absolute atomic E-state index is 0.132. The second-order valence-corrected chi connectivity index (χ2v) is 10.7. The average molecular weight is 553 g/mol. The van der Waals surface area contributed by atoms with Crippen LogP contribution in [0.1, 0.15) is 112 Å². The number of rotatable bonds is 21. The zero-order chi connectivity index (χ0) is 29.0. The van der Waals surface area contributed by atoms with Crippen molar-refractivity contribution in [3.63, 3.8) is 0 Å². The Morgan fingerprint density at radius 3 is 2.27 bits per heavy atom. The Morgan fingerprint density at radius 1 is 0.800 bits per heavy atom. The Morgan fingerprint density at radius 2 is 1.55 bits per heavy atom. The maximum atomic E-state index is 13.0. The van der Waals surface area contributed by atoms with E-state index < -0.39 is 5.63 Å². The summed E-state index contributed by atoms with van der Waals surface area (Å²) in [6.45, 7) is 12.0. The molecule has 0 spiro atoms. The lowest BCUT2D eigenvalue weighted by Gasteiger charge is -2.16. The average Bonchev–Trinajstić information content (AvgIpc) is 2.92. The summed E-state index contributed by atoms with van der Waals surface area (Å²) in [6.07, 6.45) is 21.9. The summed E-state index contributed by atoms with van der Waals surface area (Å²) in [5.74, 6) is 1.16. The maximum absolute atomic E-state index is 13.0. The predicted molar refractivity (Wildman–Crippen MR) is 168 cm³/mol. The molecule has 0 saturated carbocycles. The van der Waals surface area contributed by atoms with Gasteiger partial charge in [0, 0.05) is 0 Å². The van der Waals surface area contributed by atoms with Crippen molar-refractivity contribution in [3.8, 4) is 17.2 Å². The molecule has 0 amide bonds. The molecule has 0 aliphatic heterocycles. The molecule has 0 bridgehead atoms. The molecule has 0 saturated heterocycles. The van der Waals surface area contributed by atoms with Gasteiger partial charge in [0.2, 0.25) is 5.75 Å². The molecule has 0 radical (unpaired) electrons. The van der Waals surface area contributed by atoms with Gasteiger partial charge < -0.3 is 18.6 Å². The summed E-state index contributed by atoms with van der Waals surface area (Å²) in [6, 6.07) is 5.50. The summed E-state index contributed by atoms with van der Waals surface area (Å²) in [5.41, 5.74) is 2.48. The minimum Gasteiger partial charge on any atom is -0.492 e. The largest absolute Gasteiger partial charge is 0.492 e. The first kappa shape index (κ1) is 33.3. The molecular formula is C35H52O5. The second kappa shape index (κ2) is 20.0. The Hall–Kier alpha value is -2.95. The zero-order valence-electron chi connectivity index (χ0n) is 25.7. The van der Waals surface area contributed by atoms with E-state index in [2.05, 4.69) is 58.9 Å². The molecule has 1 heterocycles. The molecule has 0 aliphatic rings. The lowest BCUT2D eigenvalue weighted by molar-refractivity contribution is 0.263. The van der Waals surface area contributed by atoms with E-state index in [1.165, 1.54) is 49.7 Å². The molecular weight excluding hydrogens is 500 g/mol. The van der Waals surface area contributed by atoms with E-state index in [-0.39, 0.29) is 5.75 Å². The fraction of sp³-hybridized carbons (Fsp3) is 0.571. The van der Waals surface area contributed by atoms with Crippen molar-refractivity contribution in [1.82, 2.24) is 0 Å². The standard InChI is InChI=1S/C35H52O5/c1-6-8-10-12-13-14-15-17-26-38-34-33(39-27-24-29(5)21-18-20-28(3)4)32-30(37-25-16-11-9-7-2)22-19-23-31(32)40-35(34)36/h9,11,19-20,22-24H,6-8,10,12-18,21,25-27H2,1-5H3/b11-9?,29-24+. The maximum Gasteiger partial charge on any atom is 0.383 e. The van der Waals surface area contributed by atoms with E-state index in [4.69, 9.17) is 18.6 Å². The van der Waals surface area contributed by atoms with Crippen molar-refractivity contribution in [2.24, 2.45) is 0 Å². The van der Waals surface area contributed by atoms with Crippen LogP contribution in [0.5, 0.6) is 17.2 Å². The number of hydrogen-bond acceptors (Lipinski definition) is 5. The monoisotopic (exact) mass is 552 g/mol. The van der Waals surface area contributed by atoms with Crippen molar-refractivity contribution in [3.05, 3.63) is 64.1 Å². The van der Waals surface area contributed by atoms with E-state index >= 15 is 0 Å². The smallest absolute Gasteiger partial charge is 0.383 e. The molecule has 1 aromatic heterocycles. The number of hydrogen-bond donors (Lipinski definition) is 0. The number of ether oxygens (including phenoxy) is 3. The third kappa shape index (κ3) is 12.5. The van der Waals surface area contributed by atoms with Gasteiger partial charge in [-0.15, -0.1) is 0 Å². The Labute approximate surface area is 242 Å². The van der Waals surface area contributed by atoms with Gasteiger partial charge in [0.25, 0.3) is 0 Å². The first-order chi connectivity index (χ1) is 19.5. The molecule has 5 nitrogen and oxygen atoms in total. The van der Waals surface area contributed by atoms with Gasteiger partial charge in [-0.3, -0.25) is 0 Å². The Kier molecular flexibility index (Phi) is 16.6. The fourth-order valence-corrected chi connectivity index (χ4v) is 4.44. The molecule has 222 valence electrons. The van der Waals surface area contributed by atoms with Gasteiger partial charge in [-0.25, -0.2) is 4.79 Å². The zero-order valence-corrected chi connectivity index (χ0v) is 25.7. The molecule has 0 atom stereocenters. The third-order valence-corrected chi connectivity index (χ3v) is 6.75. The number of benzene rings is 1. The van der Waals surface area contributed by atoms with Crippen LogP contribution in [0.3, 0.4) is 0 Å². The van der Waals surface area contributed by atoms with E-state index in [0.29, 0.717) is 42.3 Å². The lowest BCUT2D eigenvalue weighted by atomic mass is 10.1. The topological polar surface area (TPSA) is 57.9 Å². The van der Waals surface area contributed by atoms with Crippen LogP contribution in [0.25, 0.3) is 11.0 Å². The first-order valence-corrected chi connectivity index (χ1v) is 15.4. The van der Waals surface area contributed by atoms with E-state index in [1.54, 1.807) is 6.07 Å². The second-order valence-electron chi connectivity index (χ2n) is 10.7. The number of unbranched alkanes of at least 4 members (excludes halogenated alkanes) is 7. The van der Waals surface area contributed by atoms with Crippen LogP contribution >= 0.6 is 0 Å². The van der Waals surface area contributed by atoms with Gasteiger partial charge >= 0.3 is 5.63 Å². The molecule has 0 fully saturated rings. The molecule has 0 unspecified atom stereocenters. The van der Waals surface area contributed by atoms with Crippen LogP contribution < -0.4 is 19.8 Å². The highest BCUT2D eigenvalue weighted by Crippen LogP contribution is 2.39. The van der Waals surface area contributed by atoms with Crippen LogP contribution in [0.2, 0.25) is 0 Å². The summed E-state index contributed by atoms with van der Waals surface area (Å²) >= 11 is 0. The highest BCUT2D eigenvalue weighted by Gasteiger charge is 2.21. The van der Waals surface area contributed by atoms with Crippen molar-refractivity contribution >= 4 is 11.0 Å². The predicted octanol–water partition coefficient (Wildman–Crippen LogP) is 10.1. The SMILES string of the molecule is CCC=CCCOc1cccc2oc(=O)c(OCCCCCCCCCC)c(OC/C=C(\C)CCC=C(C)C)c12. The molecule has 2 rings (SSSR count). The Balaban J connectivity index is 2.21. The minimum atomic E-state index is -0.519. The summed E-state index contributed by atoms with van der Waals surface area (Å²) < 4.78 is 24.1. The summed E-state index contributed by atoms with van der Waals surface area (Å²) in [5, 5.41) is 0.642. The summed E-state index contributed by atoms with van der Waals surface area (Å²) in [7, 11) is 0. The fourth-order valence-electron chi connectivity index (χ4n) is 4.44. The van der Waals surface area contributed by atoms with E-state index in [9.17, 15) is 4.79 Å². The Bertz CT molecular complexity index is 1130. The molecule has 0 N–H and O–H groups in total. The van der Waals surface area contributed by atoms with Crippen LogP contribution in [-0.4, -0.2) is 19.8 Å². The molecule has 1 aromatic carbocycles. The van der Waals surface area contributed by atoms with E-state index in [1.807, 2.05) is 12.1 Å². The lowest BCUT2D eigenvalue weighted by Crippen LogP contribution is -2.12. The third-order valence-electron chi connectivity index (χ3n) is 6.75. The molecule has 5 heteroatoms. The van der Waals surface area contributed by atoms with Gasteiger partial charge in [-0.1, -0.05) is 94.2 Å². The number of allylic oxidation sites excluding steroid dienone is 4. The van der Waals surface area contributed by atoms with Gasteiger partial charge in [-0.05, 0) is 71.1 Å². The normalized spacial score (nSPS) is 11.8. The number of fused-ring (bicyclic) bond motifs is 1. The van der Waals surface area contributed by atoms with Crippen molar-refractivity contribution in [2.75, 3.05) is 19.8 Å². The molecule has 2 aromatic rings. The van der Waals surface area contributed by atoms with Gasteiger partial charge in [0.15, 0.2) is 5.75 Å². The van der Waals surface area contributed by atoms with Crippen molar-refractivity contribution < 1.29 is 18.6 Å². The van der Waals surface area contributed by atoms with Crippen LogP contribution in [0, 0.1) is 0 Å². The van der Waals surface area contributed by atoms with Gasteiger partial charge in [-0.2, -0.15) is 0 Å². The highest BCUT2D eigenvalue weighted by atomic mass is 16.5. The van der Waals surface area contributed by atoms with Gasteiger partial charge in [0.05, 0.1) is 13.2 Å². The van der Waals surface area contributed by atoms with Crippen molar-refractivity contribution in [2.45, 2.75) is 112 Å². The quantitative estimate of drug-likeness (QED) is 0.0876. The van der Waals surface area contributed by atoms with Crippen molar-refractivity contribution in [1.29, 1.82) is 0 Å². The summed E-state index contributed by atoms with van der Waals surface area (Å²) in [4.78, 5) is 13.0. The van der Waals surface area contributed by atoms with Crippen LogP contribution in [0.4, 0.5) is 0 Å².